The van der Waals surface area contributed by atoms with Gasteiger partial charge in [0.25, 0.3) is 0 Å². The summed E-state index contributed by atoms with van der Waals surface area (Å²) in [5.74, 6) is 9.10. The van der Waals surface area contributed by atoms with Gasteiger partial charge in [0.2, 0.25) is 0 Å². The lowest BCUT2D eigenvalue weighted by Crippen LogP contribution is -2.18. The first-order chi connectivity index (χ1) is 9.35. The molecule has 0 aromatic heterocycles. The number of hydrogen-bond donors (Lipinski definition) is 1. The van der Waals surface area contributed by atoms with Crippen molar-refractivity contribution in [3.05, 3.63) is 29.8 Å². The second-order valence-electron chi connectivity index (χ2n) is 5.73. The zero-order chi connectivity index (χ0) is 13.1. The second kappa shape index (κ2) is 5.67. The maximum atomic E-state index is 8.70. The summed E-state index contributed by atoms with van der Waals surface area (Å²) in [7, 11) is 0. The van der Waals surface area contributed by atoms with Gasteiger partial charge in [-0.2, -0.15) is 0 Å². The molecule has 2 saturated carbocycles. The number of rotatable bonds is 3. The van der Waals surface area contributed by atoms with Crippen LogP contribution in [0.2, 0.25) is 0 Å². The zero-order valence-corrected chi connectivity index (χ0v) is 11.1. The quantitative estimate of drug-likeness (QED) is 0.843. The second-order valence-corrected chi connectivity index (χ2v) is 5.73. The largest absolute Gasteiger partial charge is 0.493 e. The molecule has 0 spiro atoms. The van der Waals surface area contributed by atoms with E-state index in [2.05, 4.69) is 11.8 Å². The molecule has 0 amide bonds. The molecule has 0 saturated heterocycles. The highest BCUT2D eigenvalue weighted by atomic mass is 16.5. The lowest BCUT2D eigenvalue weighted by molar-refractivity contribution is 0.195. The third kappa shape index (κ3) is 2.93. The van der Waals surface area contributed by atoms with Gasteiger partial charge >= 0.3 is 0 Å². The van der Waals surface area contributed by atoms with Crippen LogP contribution in [0.5, 0.6) is 5.75 Å². The van der Waals surface area contributed by atoms with Crippen molar-refractivity contribution < 1.29 is 9.84 Å². The number of aliphatic hydroxyl groups is 1. The normalized spacial score (nSPS) is 27.9. The maximum absolute atomic E-state index is 8.70. The van der Waals surface area contributed by atoms with Crippen molar-refractivity contribution in [2.45, 2.75) is 25.7 Å². The first-order valence-corrected chi connectivity index (χ1v) is 7.18. The Labute approximate surface area is 114 Å². The molecule has 1 aromatic carbocycles. The van der Waals surface area contributed by atoms with Crippen molar-refractivity contribution in [2.75, 3.05) is 13.2 Å². The molecule has 0 aliphatic heterocycles. The summed E-state index contributed by atoms with van der Waals surface area (Å²) in [6.45, 7) is 0.744. The zero-order valence-electron chi connectivity index (χ0n) is 11.1. The standard InChI is InChI=1S/C17H20O2/c18-8-2-4-13-3-1-5-17(11-13)19-12-16-10-14-6-7-15(16)9-14/h1,3,5,11,14-16,18H,6-10,12H2. The van der Waals surface area contributed by atoms with Gasteiger partial charge < -0.3 is 9.84 Å². The predicted octanol–water partition coefficient (Wildman–Crippen LogP) is 2.85. The molecular formula is C17H20O2. The lowest BCUT2D eigenvalue weighted by atomic mass is 9.89. The molecule has 2 bridgehead atoms. The van der Waals surface area contributed by atoms with Crippen LogP contribution >= 0.6 is 0 Å². The summed E-state index contributed by atoms with van der Waals surface area (Å²) < 4.78 is 5.93. The Hall–Kier alpha value is -1.46. The van der Waals surface area contributed by atoms with Gasteiger partial charge in [-0.05, 0) is 55.2 Å². The number of hydrogen-bond acceptors (Lipinski definition) is 2. The summed E-state index contributed by atoms with van der Waals surface area (Å²) in [5.41, 5.74) is 0.902. The van der Waals surface area contributed by atoms with Crippen LogP contribution < -0.4 is 4.74 Å². The smallest absolute Gasteiger partial charge is 0.120 e. The van der Waals surface area contributed by atoms with Gasteiger partial charge in [0.05, 0.1) is 6.61 Å². The van der Waals surface area contributed by atoms with E-state index < -0.39 is 0 Å². The highest BCUT2D eigenvalue weighted by Crippen LogP contribution is 2.48. The minimum Gasteiger partial charge on any atom is -0.493 e. The van der Waals surface area contributed by atoms with Gasteiger partial charge in [-0.1, -0.05) is 24.3 Å². The molecule has 0 radical (unpaired) electrons. The number of benzene rings is 1. The molecule has 2 nitrogen and oxygen atoms in total. The predicted molar refractivity (Wildman–Crippen MR) is 74.8 cm³/mol. The average molecular weight is 256 g/mol. The van der Waals surface area contributed by atoms with E-state index in [0.717, 1.165) is 35.7 Å². The number of ether oxygens (including phenoxy) is 1. The van der Waals surface area contributed by atoms with E-state index in [0.29, 0.717) is 0 Å². The third-order valence-corrected chi connectivity index (χ3v) is 4.49. The van der Waals surface area contributed by atoms with Gasteiger partial charge in [0, 0.05) is 5.56 Å². The fourth-order valence-electron chi connectivity index (χ4n) is 3.59. The Bertz CT molecular complexity index is 497. The van der Waals surface area contributed by atoms with Gasteiger partial charge in [-0.25, -0.2) is 0 Å². The van der Waals surface area contributed by atoms with Crippen molar-refractivity contribution >= 4 is 0 Å². The van der Waals surface area contributed by atoms with Crippen molar-refractivity contribution in [1.82, 2.24) is 0 Å². The molecule has 3 unspecified atom stereocenters. The molecule has 3 rings (SSSR count). The van der Waals surface area contributed by atoms with Gasteiger partial charge in [-0.3, -0.25) is 0 Å². The summed E-state index contributed by atoms with van der Waals surface area (Å²) >= 11 is 0. The van der Waals surface area contributed by atoms with E-state index in [1.165, 1.54) is 25.7 Å². The van der Waals surface area contributed by atoms with Crippen LogP contribution in [0, 0.1) is 29.6 Å². The fourth-order valence-corrected chi connectivity index (χ4v) is 3.59. The molecule has 2 heteroatoms. The number of aliphatic hydroxyl groups excluding tert-OH is 1. The average Bonchev–Trinajstić information content (AvgIpc) is 3.06. The first-order valence-electron chi connectivity index (χ1n) is 7.18. The van der Waals surface area contributed by atoms with Gasteiger partial charge in [0.15, 0.2) is 0 Å². The van der Waals surface area contributed by atoms with E-state index >= 15 is 0 Å². The minimum absolute atomic E-state index is 0.101. The molecule has 2 aliphatic carbocycles. The third-order valence-electron chi connectivity index (χ3n) is 4.49. The lowest BCUT2D eigenvalue weighted by Gasteiger charge is -2.21. The summed E-state index contributed by atoms with van der Waals surface area (Å²) in [5, 5.41) is 8.70. The van der Waals surface area contributed by atoms with E-state index in [4.69, 9.17) is 9.84 Å². The highest BCUT2D eigenvalue weighted by molar-refractivity contribution is 5.39. The van der Waals surface area contributed by atoms with Crippen LogP contribution in [-0.2, 0) is 0 Å². The monoisotopic (exact) mass is 256 g/mol. The number of fused-ring (bicyclic) bond motifs is 2. The molecule has 2 aliphatic rings. The highest BCUT2D eigenvalue weighted by Gasteiger charge is 2.39. The Morgan fingerprint density at radius 1 is 1.26 bits per heavy atom. The molecular weight excluding hydrogens is 236 g/mol. The molecule has 0 heterocycles. The van der Waals surface area contributed by atoms with Crippen molar-refractivity contribution in [1.29, 1.82) is 0 Å². The van der Waals surface area contributed by atoms with Crippen molar-refractivity contribution in [2.24, 2.45) is 17.8 Å². The van der Waals surface area contributed by atoms with Crippen LogP contribution in [0.3, 0.4) is 0 Å². The van der Waals surface area contributed by atoms with Crippen LogP contribution in [0.1, 0.15) is 31.2 Å². The van der Waals surface area contributed by atoms with Crippen LogP contribution in [0.15, 0.2) is 24.3 Å². The molecule has 19 heavy (non-hydrogen) atoms. The van der Waals surface area contributed by atoms with Crippen LogP contribution in [0.4, 0.5) is 0 Å². The van der Waals surface area contributed by atoms with Crippen molar-refractivity contribution in [3.63, 3.8) is 0 Å². The molecule has 3 atom stereocenters. The molecule has 100 valence electrons. The van der Waals surface area contributed by atoms with E-state index in [9.17, 15) is 0 Å². The molecule has 1 aromatic rings. The Morgan fingerprint density at radius 3 is 2.95 bits per heavy atom. The van der Waals surface area contributed by atoms with Gasteiger partial charge in [0.1, 0.15) is 12.4 Å². The van der Waals surface area contributed by atoms with E-state index in [1.807, 2.05) is 24.3 Å². The van der Waals surface area contributed by atoms with Crippen molar-refractivity contribution in [3.8, 4) is 17.6 Å². The molecule has 2 fully saturated rings. The fraction of sp³-hybridized carbons (Fsp3) is 0.529. The Kier molecular flexibility index (Phi) is 3.75. The van der Waals surface area contributed by atoms with Gasteiger partial charge in [-0.15, -0.1) is 0 Å². The topological polar surface area (TPSA) is 29.5 Å². The SMILES string of the molecule is OCC#Cc1cccc(OCC2CC3CCC2C3)c1. The Morgan fingerprint density at radius 2 is 2.21 bits per heavy atom. The summed E-state index contributed by atoms with van der Waals surface area (Å²) in [6.07, 6.45) is 5.62. The Balaban J connectivity index is 1.58. The van der Waals surface area contributed by atoms with E-state index in [-0.39, 0.29) is 6.61 Å². The summed E-state index contributed by atoms with van der Waals surface area (Å²) in [4.78, 5) is 0. The van der Waals surface area contributed by atoms with Crippen LogP contribution in [0.25, 0.3) is 0 Å². The maximum Gasteiger partial charge on any atom is 0.120 e. The summed E-state index contributed by atoms with van der Waals surface area (Å²) in [6, 6.07) is 7.83. The van der Waals surface area contributed by atoms with Crippen LogP contribution in [-0.4, -0.2) is 18.3 Å². The minimum atomic E-state index is -0.101. The first kappa shape index (κ1) is 12.6. The van der Waals surface area contributed by atoms with E-state index in [1.54, 1.807) is 0 Å². The molecule has 1 N–H and O–H groups in total.